The van der Waals surface area contributed by atoms with Crippen LogP contribution in [0.1, 0.15) is 29.5 Å². The third-order valence-electron chi connectivity index (χ3n) is 6.31. The molecule has 4 rings (SSSR count). The second-order valence-electron chi connectivity index (χ2n) is 8.06. The van der Waals surface area contributed by atoms with Crippen LogP contribution in [0, 0.1) is 6.92 Å². The Labute approximate surface area is 155 Å². The van der Waals surface area contributed by atoms with Crippen LogP contribution in [0.4, 0.5) is 0 Å². The van der Waals surface area contributed by atoms with Gasteiger partial charge in [-0.05, 0) is 24.6 Å². The van der Waals surface area contributed by atoms with Gasteiger partial charge in [0.1, 0.15) is 12.6 Å². The van der Waals surface area contributed by atoms with E-state index in [0.717, 1.165) is 48.5 Å². The summed E-state index contributed by atoms with van der Waals surface area (Å²) >= 11 is 6.44. The van der Waals surface area contributed by atoms with Gasteiger partial charge in [-0.15, -0.1) is 11.6 Å². The average Bonchev–Trinajstić information content (AvgIpc) is 2.83. The fraction of sp³-hybridized carbons (Fsp3) is 0.524. The highest BCUT2D eigenvalue weighted by Crippen LogP contribution is 2.57. The first kappa shape index (κ1) is 17.0. The molecule has 3 aliphatic rings. The van der Waals surface area contributed by atoms with Gasteiger partial charge in [-0.25, -0.2) is 0 Å². The van der Waals surface area contributed by atoms with E-state index in [9.17, 15) is 0 Å². The number of halogens is 1. The molecule has 1 spiro atoms. The lowest BCUT2D eigenvalue weighted by Crippen LogP contribution is -2.46. The van der Waals surface area contributed by atoms with Gasteiger partial charge in [0.05, 0.1) is 38.0 Å². The standard InChI is InChI=1S/C21H27ClNO2/c1-5-9-23(3)10-8-21-7-6-15(22)12-18(21)25-20-17(24-4)11-14(2)16(13-23)19(20)21/h5-7,11,15,18H,1,8-10,12-13H2,2-4H3/q+1/t15-,18?,21?,23?/m0/s1. The highest BCUT2D eigenvalue weighted by atomic mass is 35.5. The maximum atomic E-state index is 6.47. The molecule has 1 aromatic carbocycles. The van der Waals surface area contributed by atoms with Crippen LogP contribution in [0.2, 0.25) is 0 Å². The van der Waals surface area contributed by atoms with Crippen molar-refractivity contribution in [1.82, 2.24) is 0 Å². The molecule has 0 aromatic heterocycles. The Morgan fingerprint density at radius 1 is 1.52 bits per heavy atom. The minimum Gasteiger partial charge on any atom is -0.493 e. The van der Waals surface area contributed by atoms with E-state index in [1.165, 1.54) is 16.7 Å². The molecule has 4 heteroatoms. The number of benzene rings is 1. The first-order valence-electron chi connectivity index (χ1n) is 9.08. The molecule has 4 atom stereocenters. The number of nitrogens with zero attached hydrogens (tertiary/aromatic N) is 1. The molecule has 0 saturated carbocycles. The molecule has 0 saturated heterocycles. The topological polar surface area (TPSA) is 18.5 Å². The number of aryl methyl sites for hydroxylation is 1. The van der Waals surface area contributed by atoms with Crippen molar-refractivity contribution in [2.45, 2.75) is 43.2 Å². The molecule has 2 aliphatic heterocycles. The van der Waals surface area contributed by atoms with Crippen LogP contribution < -0.4 is 9.47 Å². The van der Waals surface area contributed by atoms with Gasteiger partial charge in [-0.2, -0.15) is 0 Å². The van der Waals surface area contributed by atoms with Gasteiger partial charge >= 0.3 is 0 Å². The molecule has 0 N–H and O–H groups in total. The van der Waals surface area contributed by atoms with Crippen molar-refractivity contribution < 1.29 is 14.0 Å². The van der Waals surface area contributed by atoms with E-state index in [2.05, 4.69) is 38.8 Å². The van der Waals surface area contributed by atoms with E-state index in [-0.39, 0.29) is 16.9 Å². The normalized spacial score (nSPS) is 35.4. The van der Waals surface area contributed by atoms with Gasteiger partial charge in [-0.3, -0.25) is 0 Å². The van der Waals surface area contributed by atoms with E-state index < -0.39 is 0 Å². The summed E-state index contributed by atoms with van der Waals surface area (Å²) in [5.74, 6) is 1.79. The Bertz CT molecular complexity index is 759. The Morgan fingerprint density at radius 3 is 3.04 bits per heavy atom. The zero-order valence-electron chi connectivity index (χ0n) is 15.3. The van der Waals surface area contributed by atoms with Gasteiger partial charge in [0.2, 0.25) is 0 Å². The molecule has 1 aliphatic carbocycles. The van der Waals surface area contributed by atoms with Crippen molar-refractivity contribution in [2.24, 2.45) is 0 Å². The smallest absolute Gasteiger partial charge is 0.166 e. The molecule has 134 valence electrons. The van der Waals surface area contributed by atoms with Crippen molar-refractivity contribution in [3.8, 4) is 11.5 Å². The van der Waals surface area contributed by atoms with E-state index in [1.54, 1.807) is 7.11 Å². The van der Waals surface area contributed by atoms with Crippen molar-refractivity contribution in [3.63, 3.8) is 0 Å². The van der Waals surface area contributed by atoms with E-state index in [0.29, 0.717) is 0 Å². The van der Waals surface area contributed by atoms with Crippen molar-refractivity contribution >= 4 is 11.6 Å². The lowest BCUT2D eigenvalue weighted by atomic mass is 9.69. The van der Waals surface area contributed by atoms with Crippen LogP contribution in [-0.4, -0.2) is 43.2 Å². The van der Waals surface area contributed by atoms with Gasteiger partial charge in [-0.1, -0.05) is 18.7 Å². The molecule has 0 radical (unpaired) electrons. The first-order valence-corrected chi connectivity index (χ1v) is 9.51. The molecule has 0 fully saturated rings. The summed E-state index contributed by atoms with van der Waals surface area (Å²) in [6.07, 6.45) is 8.55. The lowest BCUT2D eigenvalue weighted by molar-refractivity contribution is -0.917. The third kappa shape index (κ3) is 2.43. The SMILES string of the molecule is C=CC[N+]1(C)CCC23C=C[C@H](Cl)CC2Oc2c(OC)cc(C)c(c23)C1. The van der Waals surface area contributed by atoms with Crippen LogP contribution in [0.15, 0.2) is 30.9 Å². The fourth-order valence-electron chi connectivity index (χ4n) is 4.94. The second-order valence-corrected chi connectivity index (χ2v) is 8.62. The average molecular weight is 361 g/mol. The molecule has 0 bridgehead atoms. The van der Waals surface area contributed by atoms with Crippen LogP contribution in [0.5, 0.6) is 11.5 Å². The minimum atomic E-state index is -0.0768. The van der Waals surface area contributed by atoms with E-state index >= 15 is 0 Å². The zero-order valence-corrected chi connectivity index (χ0v) is 16.1. The summed E-state index contributed by atoms with van der Waals surface area (Å²) in [5, 5.41) is 0.0396. The van der Waals surface area contributed by atoms with Gasteiger partial charge < -0.3 is 14.0 Å². The number of allylic oxidation sites excluding steroid dienone is 1. The first-order chi connectivity index (χ1) is 11.9. The Morgan fingerprint density at radius 2 is 2.32 bits per heavy atom. The summed E-state index contributed by atoms with van der Waals surface area (Å²) in [5.41, 5.74) is 3.97. The number of hydrogen-bond donors (Lipinski definition) is 0. The largest absolute Gasteiger partial charge is 0.493 e. The van der Waals surface area contributed by atoms with Crippen LogP contribution in [-0.2, 0) is 12.0 Å². The molecular formula is C21H27ClNO2+. The predicted molar refractivity (Wildman–Crippen MR) is 102 cm³/mol. The monoisotopic (exact) mass is 360 g/mol. The Balaban J connectivity index is 1.96. The molecule has 2 heterocycles. The maximum absolute atomic E-state index is 6.47. The highest BCUT2D eigenvalue weighted by Gasteiger charge is 2.54. The Kier molecular flexibility index (Phi) is 3.93. The molecule has 1 aromatic rings. The maximum Gasteiger partial charge on any atom is 0.166 e. The number of rotatable bonds is 3. The molecular weight excluding hydrogens is 334 g/mol. The highest BCUT2D eigenvalue weighted by molar-refractivity contribution is 6.21. The van der Waals surface area contributed by atoms with Crippen molar-refractivity contribution in [3.05, 3.63) is 47.6 Å². The van der Waals surface area contributed by atoms with Gasteiger partial charge in [0, 0.05) is 24.0 Å². The lowest BCUT2D eigenvalue weighted by Gasteiger charge is -2.37. The molecule has 25 heavy (non-hydrogen) atoms. The third-order valence-corrected chi connectivity index (χ3v) is 6.64. The van der Waals surface area contributed by atoms with Crippen LogP contribution >= 0.6 is 11.6 Å². The summed E-state index contributed by atoms with van der Waals surface area (Å²) in [7, 11) is 4.06. The number of quaternary nitrogens is 1. The molecule has 3 nitrogen and oxygen atoms in total. The summed E-state index contributed by atoms with van der Waals surface area (Å²) in [4.78, 5) is 0. The quantitative estimate of drug-likeness (QED) is 0.459. The minimum absolute atomic E-state index is 0.0396. The number of methoxy groups -OCH3 is 1. The van der Waals surface area contributed by atoms with Gasteiger partial charge in [0.25, 0.3) is 0 Å². The second kappa shape index (κ2) is 5.78. The van der Waals surface area contributed by atoms with Crippen LogP contribution in [0.25, 0.3) is 0 Å². The van der Waals surface area contributed by atoms with Gasteiger partial charge in [0.15, 0.2) is 11.5 Å². The molecule has 0 amide bonds. The van der Waals surface area contributed by atoms with Crippen molar-refractivity contribution in [1.29, 1.82) is 0 Å². The van der Waals surface area contributed by atoms with E-state index in [4.69, 9.17) is 21.1 Å². The number of ether oxygens (including phenoxy) is 2. The number of hydrogen-bond acceptors (Lipinski definition) is 2. The predicted octanol–water partition coefficient (Wildman–Crippen LogP) is 4.11. The Hall–Kier alpha value is -1.45. The fourth-order valence-corrected chi connectivity index (χ4v) is 5.18. The summed E-state index contributed by atoms with van der Waals surface area (Å²) in [6, 6.07) is 2.13. The van der Waals surface area contributed by atoms with E-state index in [1.807, 2.05) is 6.08 Å². The van der Waals surface area contributed by atoms with Crippen molar-refractivity contribution in [2.75, 3.05) is 27.2 Å². The number of alkyl halides is 1. The summed E-state index contributed by atoms with van der Waals surface area (Å²) in [6.45, 7) is 9.25. The zero-order chi connectivity index (χ0) is 17.8. The molecule has 3 unspecified atom stereocenters. The number of likely N-dealkylation sites (N-methyl/N-ethyl adjacent to an activating group) is 1. The van der Waals surface area contributed by atoms with Crippen LogP contribution in [0.3, 0.4) is 0 Å². The summed E-state index contributed by atoms with van der Waals surface area (Å²) < 4.78 is 13.1.